The fraction of sp³-hybridized carbons (Fsp3) is 0.300. The Morgan fingerprint density at radius 2 is 2.06 bits per heavy atom. The second-order valence-corrected chi connectivity index (χ2v) is 4.85. The average molecular weight is 263 g/mol. The number of carboxylic acids is 1. The van der Waals surface area contributed by atoms with Gasteiger partial charge in [-0.2, -0.15) is 0 Å². The zero-order chi connectivity index (χ0) is 13.0. The molecule has 17 heavy (non-hydrogen) atoms. The first-order chi connectivity index (χ1) is 7.93. The monoisotopic (exact) mass is 263 g/mol. The van der Waals surface area contributed by atoms with E-state index in [4.69, 9.17) is 5.11 Å². The van der Waals surface area contributed by atoms with E-state index in [1.54, 1.807) is 0 Å². The molecule has 0 aliphatic heterocycles. The fourth-order valence-corrected chi connectivity index (χ4v) is 1.57. The number of anilines is 1. The Labute approximate surface area is 99.1 Å². The summed E-state index contributed by atoms with van der Waals surface area (Å²) in [6.45, 7) is 0.214. The predicted molar refractivity (Wildman–Crippen MR) is 60.7 cm³/mol. The van der Waals surface area contributed by atoms with Crippen LogP contribution >= 0.6 is 0 Å². The van der Waals surface area contributed by atoms with Gasteiger partial charge in [0.15, 0.2) is 11.6 Å². The molecule has 0 heterocycles. The number of aromatic carboxylic acids is 1. The largest absolute Gasteiger partial charge is 0.478 e. The fourth-order valence-electron chi connectivity index (χ4n) is 1.18. The molecule has 1 atom stereocenters. The van der Waals surface area contributed by atoms with E-state index >= 15 is 0 Å². The molecule has 0 aliphatic carbocycles. The summed E-state index contributed by atoms with van der Waals surface area (Å²) in [7, 11) is -1.04. The van der Waals surface area contributed by atoms with Crippen LogP contribution < -0.4 is 5.32 Å². The maximum atomic E-state index is 13.4. The van der Waals surface area contributed by atoms with E-state index in [2.05, 4.69) is 5.32 Å². The second kappa shape index (κ2) is 5.72. The van der Waals surface area contributed by atoms with Gasteiger partial charge in [0.1, 0.15) is 0 Å². The summed E-state index contributed by atoms with van der Waals surface area (Å²) in [5.41, 5.74) is -0.856. The van der Waals surface area contributed by atoms with Crippen LogP contribution in [0.2, 0.25) is 0 Å². The second-order valence-electron chi connectivity index (χ2n) is 3.30. The van der Waals surface area contributed by atoms with Crippen molar-refractivity contribution >= 4 is 22.5 Å². The van der Waals surface area contributed by atoms with Gasteiger partial charge in [0, 0.05) is 29.4 Å². The number of halogens is 2. The van der Waals surface area contributed by atoms with Crippen molar-refractivity contribution in [1.29, 1.82) is 0 Å². The molecule has 7 heteroatoms. The minimum atomic E-state index is -1.53. The van der Waals surface area contributed by atoms with Gasteiger partial charge in [0.25, 0.3) is 0 Å². The smallest absolute Gasteiger partial charge is 0.338 e. The van der Waals surface area contributed by atoms with E-state index in [-0.39, 0.29) is 12.2 Å². The molecule has 0 spiro atoms. The quantitative estimate of drug-likeness (QED) is 0.844. The molecule has 0 aromatic heterocycles. The van der Waals surface area contributed by atoms with E-state index in [9.17, 15) is 17.8 Å². The summed E-state index contributed by atoms with van der Waals surface area (Å²) in [4.78, 5) is 10.5. The Hall–Kier alpha value is -1.50. The number of rotatable bonds is 5. The molecule has 1 rings (SSSR count). The van der Waals surface area contributed by atoms with Crippen LogP contribution in [0, 0.1) is 11.6 Å². The maximum absolute atomic E-state index is 13.4. The number of benzene rings is 1. The Morgan fingerprint density at radius 3 is 2.59 bits per heavy atom. The summed E-state index contributed by atoms with van der Waals surface area (Å²) in [6, 6.07) is 2.12. The Bertz CT molecular complexity index is 465. The van der Waals surface area contributed by atoms with Crippen LogP contribution in [-0.4, -0.2) is 33.8 Å². The first-order valence-electron chi connectivity index (χ1n) is 4.68. The van der Waals surface area contributed by atoms with Gasteiger partial charge >= 0.3 is 5.97 Å². The third kappa shape index (κ3) is 3.48. The van der Waals surface area contributed by atoms with Gasteiger partial charge in [-0.25, -0.2) is 13.6 Å². The molecule has 0 saturated carbocycles. The molecule has 0 radical (unpaired) electrons. The van der Waals surface area contributed by atoms with Crippen molar-refractivity contribution in [3.05, 3.63) is 29.3 Å². The topological polar surface area (TPSA) is 66.4 Å². The van der Waals surface area contributed by atoms with Gasteiger partial charge < -0.3 is 10.4 Å². The van der Waals surface area contributed by atoms with Gasteiger partial charge in [-0.1, -0.05) is 0 Å². The van der Waals surface area contributed by atoms with Gasteiger partial charge in [0.05, 0.1) is 11.3 Å². The number of nitrogens with one attached hydrogen (secondary N) is 1. The van der Waals surface area contributed by atoms with Crippen LogP contribution in [0.5, 0.6) is 0 Å². The van der Waals surface area contributed by atoms with Crippen LogP contribution in [0.15, 0.2) is 12.1 Å². The number of carboxylic acid groups (broad SMARTS) is 1. The van der Waals surface area contributed by atoms with Crippen LogP contribution in [0.4, 0.5) is 14.5 Å². The molecule has 2 N–H and O–H groups in total. The van der Waals surface area contributed by atoms with Crippen molar-refractivity contribution in [3.8, 4) is 0 Å². The molecule has 1 unspecified atom stereocenters. The third-order valence-corrected chi connectivity index (χ3v) is 2.80. The van der Waals surface area contributed by atoms with E-state index in [1.807, 2.05) is 0 Å². The van der Waals surface area contributed by atoms with Crippen LogP contribution in [-0.2, 0) is 10.8 Å². The number of hydrogen-bond acceptors (Lipinski definition) is 3. The van der Waals surface area contributed by atoms with E-state index < -0.39 is 34.0 Å². The highest BCUT2D eigenvalue weighted by Gasteiger charge is 2.17. The molecular weight excluding hydrogens is 252 g/mol. The van der Waals surface area contributed by atoms with Crippen molar-refractivity contribution in [1.82, 2.24) is 0 Å². The number of hydrogen-bond donors (Lipinski definition) is 2. The first kappa shape index (κ1) is 13.6. The van der Waals surface area contributed by atoms with E-state index in [0.29, 0.717) is 5.75 Å². The first-order valence-corrected chi connectivity index (χ1v) is 6.41. The summed E-state index contributed by atoms with van der Waals surface area (Å²) in [5, 5.41) is 11.1. The normalized spacial score (nSPS) is 12.2. The zero-order valence-corrected chi connectivity index (χ0v) is 9.81. The molecule has 0 amide bonds. The van der Waals surface area contributed by atoms with Gasteiger partial charge in [-0.3, -0.25) is 4.21 Å². The molecule has 0 saturated heterocycles. The van der Waals surface area contributed by atoms with Crippen molar-refractivity contribution in [2.75, 3.05) is 23.9 Å². The SMILES string of the molecule is CS(=O)CCNc1ccc(C(=O)O)c(F)c1F. The molecule has 4 nitrogen and oxygen atoms in total. The minimum absolute atomic E-state index is 0.141. The van der Waals surface area contributed by atoms with Gasteiger partial charge in [-0.05, 0) is 12.1 Å². The highest BCUT2D eigenvalue weighted by molar-refractivity contribution is 7.84. The summed E-state index contributed by atoms with van der Waals surface area (Å²) in [6.07, 6.45) is 1.49. The molecule has 94 valence electrons. The predicted octanol–water partition coefficient (Wildman–Crippen LogP) is 1.45. The lowest BCUT2D eigenvalue weighted by Crippen LogP contribution is -2.12. The third-order valence-electron chi connectivity index (χ3n) is 2.02. The van der Waals surface area contributed by atoms with Gasteiger partial charge in [-0.15, -0.1) is 0 Å². The van der Waals surface area contributed by atoms with Crippen molar-refractivity contribution in [2.24, 2.45) is 0 Å². The Kier molecular flexibility index (Phi) is 4.56. The summed E-state index contributed by atoms with van der Waals surface area (Å²) >= 11 is 0. The molecule has 1 aromatic rings. The maximum Gasteiger partial charge on any atom is 0.338 e. The highest BCUT2D eigenvalue weighted by atomic mass is 32.2. The Balaban J connectivity index is 2.85. The molecule has 1 aromatic carbocycles. The summed E-state index contributed by atoms with van der Waals surface area (Å²) in [5.74, 6) is -3.88. The zero-order valence-electron chi connectivity index (χ0n) is 9.00. The average Bonchev–Trinajstić information content (AvgIpc) is 2.23. The van der Waals surface area contributed by atoms with Gasteiger partial charge in [0.2, 0.25) is 0 Å². The van der Waals surface area contributed by atoms with Crippen molar-refractivity contribution < 1.29 is 22.9 Å². The van der Waals surface area contributed by atoms with Crippen LogP contribution in [0.25, 0.3) is 0 Å². The minimum Gasteiger partial charge on any atom is -0.478 e. The number of carbonyl (C=O) groups is 1. The highest BCUT2D eigenvalue weighted by Crippen LogP contribution is 2.20. The van der Waals surface area contributed by atoms with E-state index in [1.165, 1.54) is 6.26 Å². The lowest BCUT2D eigenvalue weighted by molar-refractivity contribution is 0.0690. The van der Waals surface area contributed by atoms with Crippen LogP contribution in [0.1, 0.15) is 10.4 Å². The van der Waals surface area contributed by atoms with Crippen molar-refractivity contribution in [3.63, 3.8) is 0 Å². The molecule has 0 fully saturated rings. The molecule has 0 bridgehead atoms. The van der Waals surface area contributed by atoms with E-state index in [0.717, 1.165) is 12.1 Å². The lowest BCUT2D eigenvalue weighted by atomic mass is 10.2. The standard InChI is InChI=1S/C10H11F2NO3S/c1-17(16)5-4-13-7-3-2-6(10(14)15)8(11)9(7)12/h2-3,13H,4-5H2,1H3,(H,14,15). The Morgan fingerprint density at radius 1 is 1.41 bits per heavy atom. The van der Waals surface area contributed by atoms with Crippen molar-refractivity contribution in [2.45, 2.75) is 0 Å². The van der Waals surface area contributed by atoms with Crippen LogP contribution in [0.3, 0.4) is 0 Å². The lowest BCUT2D eigenvalue weighted by Gasteiger charge is -2.08. The summed E-state index contributed by atoms with van der Waals surface area (Å²) < 4.78 is 37.4. The molecular formula is C10H11F2NO3S. The molecule has 0 aliphatic rings.